The molecular weight excluding hydrogens is 282 g/mol. The van der Waals surface area contributed by atoms with Crippen molar-refractivity contribution in [1.29, 1.82) is 0 Å². The van der Waals surface area contributed by atoms with Crippen LogP contribution in [0.1, 0.15) is 20.3 Å². The molecule has 0 aromatic carbocycles. The number of carbonyl (C=O) groups is 3. The molecule has 8 heteroatoms. The Hall–Kier alpha value is -1.44. The number of hydrogen-bond donors (Lipinski definition) is 2. The summed E-state index contributed by atoms with van der Waals surface area (Å²) in [6.07, 6.45) is 2.35. The number of thioether (sulfide) groups is 1. The molecule has 1 unspecified atom stereocenters. The van der Waals surface area contributed by atoms with E-state index in [0.29, 0.717) is 12.2 Å². The summed E-state index contributed by atoms with van der Waals surface area (Å²) in [6.45, 7) is 3.43. The summed E-state index contributed by atoms with van der Waals surface area (Å²) >= 11 is 1.56. The molecule has 0 heterocycles. The van der Waals surface area contributed by atoms with Crippen LogP contribution < -0.4 is 11.1 Å². The highest BCUT2D eigenvalue weighted by atomic mass is 32.2. The van der Waals surface area contributed by atoms with Crippen molar-refractivity contribution in [2.75, 3.05) is 25.7 Å². The fourth-order valence-electron chi connectivity index (χ4n) is 1.58. The normalized spacial score (nSPS) is 11.8. The van der Waals surface area contributed by atoms with Crippen LogP contribution in [0, 0.1) is 0 Å². The molecule has 0 aliphatic rings. The predicted octanol–water partition coefficient (Wildman–Crippen LogP) is 0.186. The molecule has 0 aliphatic carbocycles. The van der Waals surface area contributed by atoms with Crippen molar-refractivity contribution in [3.8, 4) is 0 Å². The van der Waals surface area contributed by atoms with Crippen molar-refractivity contribution in [2.45, 2.75) is 32.4 Å². The van der Waals surface area contributed by atoms with Gasteiger partial charge in [-0.1, -0.05) is 0 Å². The van der Waals surface area contributed by atoms with Crippen LogP contribution in [0.3, 0.4) is 0 Å². The molecule has 1 atom stereocenters. The highest BCUT2D eigenvalue weighted by Crippen LogP contribution is 2.08. The summed E-state index contributed by atoms with van der Waals surface area (Å²) < 4.78 is 4.57. The fraction of sp³-hybridized carbons (Fsp3) is 0.750. The van der Waals surface area contributed by atoms with Gasteiger partial charge in [-0.3, -0.25) is 9.59 Å². The third kappa shape index (κ3) is 6.65. The lowest BCUT2D eigenvalue weighted by atomic mass is 10.1. The fourth-order valence-corrected chi connectivity index (χ4v) is 2.05. The Labute approximate surface area is 123 Å². The van der Waals surface area contributed by atoms with E-state index in [1.165, 1.54) is 12.0 Å². The minimum atomic E-state index is -0.758. The number of nitrogens with two attached hydrogens (primary N) is 1. The van der Waals surface area contributed by atoms with Gasteiger partial charge in [0.05, 0.1) is 7.11 Å². The number of hydrogen-bond acceptors (Lipinski definition) is 5. The van der Waals surface area contributed by atoms with E-state index in [0.717, 1.165) is 0 Å². The number of ether oxygens (including phenoxy) is 1. The van der Waals surface area contributed by atoms with Crippen molar-refractivity contribution in [3.63, 3.8) is 0 Å². The van der Waals surface area contributed by atoms with Crippen LogP contribution in [0.25, 0.3) is 0 Å². The molecule has 0 aromatic rings. The first-order chi connectivity index (χ1) is 9.33. The number of amides is 3. The van der Waals surface area contributed by atoms with Gasteiger partial charge in [0.25, 0.3) is 0 Å². The minimum absolute atomic E-state index is 0.150. The first-order valence-electron chi connectivity index (χ1n) is 6.25. The van der Waals surface area contributed by atoms with E-state index in [4.69, 9.17) is 5.73 Å². The molecule has 20 heavy (non-hydrogen) atoms. The van der Waals surface area contributed by atoms with Crippen molar-refractivity contribution < 1.29 is 19.1 Å². The molecule has 0 fully saturated rings. The van der Waals surface area contributed by atoms with E-state index in [1.54, 1.807) is 25.6 Å². The number of carbonyl (C=O) groups excluding carboxylic acids is 3. The number of urea groups is 1. The zero-order valence-electron chi connectivity index (χ0n) is 12.3. The van der Waals surface area contributed by atoms with Crippen molar-refractivity contribution >= 4 is 29.7 Å². The topological polar surface area (TPSA) is 102 Å². The maximum atomic E-state index is 12.4. The first kappa shape index (κ1) is 18.6. The lowest BCUT2D eigenvalue weighted by molar-refractivity contribution is -0.148. The van der Waals surface area contributed by atoms with Crippen molar-refractivity contribution in [3.05, 3.63) is 0 Å². The second-order valence-electron chi connectivity index (χ2n) is 4.48. The average Bonchev–Trinajstić information content (AvgIpc) is 2.38. The number of primary amides is 1. The number of nitrogens with zero attached hydrogens (tertiary/aromatic N) is 1. The first-order valence-corrected chi connectivity index (χ1v) is 7.65. The van der Waals surface area contributed by atoms with Crippen molar-refractivity contribution in [1.82, 2.24) is 10.2 Å². The Morgan fingerprint density at radius 3 is 2.35 bits per heavy atom. The Morgan fingerprint density at radius 1 is 1.35 bits per heavy atom. The van der Waals surface area contributed by atoms with Crippen molar-refractivity contribution in [2.24, 2.45) is 5.73 Å². The van der Waals surface area contributed by atoms with Crippen LogP contribution in [0.4, 0.5) is 4.79 Å². The smallest absolute Gasteiger partial charge is 0.325 e. The number of nitrogens with one attached hydrogen (secondary N) is 1. The maximum Gasteiger partial charge on any atom is 0.325 e. The summed E-state index contributed by atoms with van der Waals surface area (Å²) in [6, 6.07) is -1.67. The molecule has 0 spiro atoms. The Kier molecular flexibility index (Phi) is 8.78. The average molecular weight is 305 g/mol. The molecule has 0 aliphatic heterocycles. The summed E-state index contributed by atoms with van der Waals surface area (Å²) in [7, 11) is 1.26. The van der Waals surface area contributed by atoms with Gasteiger partial charge in [-0.2, -0.15) is 11.8 Å². The summed E-state index contributed by atoms with van der Waals surface area (Å²) in [5.74, 6) is -0.145. The van der Waals surface area contributed by atoms with E-state index in [2.05, 4.69) is 10.1 Å². The summed E-state index contributed by atoms with van der Waals surface area (Å²) in [5.41, 5.74) is 5.09. The Bertz CT molecular complexity index is 350. The molecule has 0 rings (SSSR count). The number of rotatable bonds is 8. The molecule has 3 amide bonds. The van der Waals surface area contributed by atoms with E-state index in [9.17, 15) is 14.4 Å². The third-order valence-electron chi connectivity index (χ3n) is 2.66. The number of methoxy groups -OCH3 is 1. The van der Waals surface area contributed by atoms with Gasteiger partial charge in [0.15, 0.2) is 0 Å². The highest BCUT2D eigenvalue weighted by Gasteiger charge is 2.28. The standard InChI is InChI=1S/C12H23N3O4S/c1-8(2)15(7-10(16)19-3)11(17)9(5-6-20-4)14-12(13)18/h8-9H,5-7H2,1-4H3,(H3,13,14,18). The van der Waals surface area contributed by atoms with Gasteiger partial charge in [-0.15, -0.1) is 0 Å². The van der Waals surface area contributed by atoms with E-state index in [-0.39, 0.29) is 18.5 Å². The van der Waals surface area contributed by atoms with Gasteiger partial charge in [0.1, 0.15) is 12.6 Å². The predicted molar refractivity (Wildman–Crippen MR) is 78.4 cm³/mol. The zero-order chi connectivity index (χ0) is 15.7. The zero-order valence-corrected chi connectivity index (χ0v) is 13.2. The maximum absolute atomic E-state index is 12.4. The van der Waals surface area contributed by atoms with Gasteiger partial charge >= 0.3 is 12.0 Å². The summed E-state index contributed by atoms with van der Waals surface area (Å²) in [4.78, 5) is 36.1. The van der Waals surface area contributed by atoms with E-state index in [1.807, 2.05) is 6.26 Å². The molecular formula is C12H23N3O4S. The summed E-state index contributed by atoms with van der Waals surface area (Å²) in [5, 5.41) is 2.42. The molecule has 116 valence electrons. The largest absolute Gasteiger partial charge is 0.468 e. The second kappa shape index (κ2) is 9.46. The van der Waals surface area contributed by atoms with Crippen LogP contribution in [0.15, 0.2) is 0 Å². The SMILES string of the molecule is COC(=O)CN(C(=O)C(CCSC)NC(N)=O)C(C)C. The van der Waals surface area contributed by atoms with Gasteiger partial charge in [-0.05, 0) is 32.3 Å². The molecule has 0 aromatic heterocycles. The lowest BCUT2D eigenvalue weighted by Crippen LogP contribution is -2.53. The number of esters is 1. The van der Waals surface area contributed by atoms with Gasteiger partial charge < -0.3 is 20.7 Å². The molecule has 7 nitrogen and oxygen atoms in total. The van der Waals surface area contributed by atoms with Gasteiger partial charge in [-0.25, -0.2) is 4.79 Å². The molecule has 0 radical (unpaired) electrons. The van der Waals surface area contributed by atoms with Crippen LogP contribution in [-0.2, 0) is 14.3 Å². The molecule has 0 bridgehead atoms. The Morgan fingerprint density at radius 2 is 1.95 bits per heavy atom. The third-order valence-corrected chi connectivity index (χ3v) is 3.30. The minimum Gasteiger partial charge on any atom is -0.468 e. The molecule has 0 saturated carbocycles. The van der Waals surface area contributed by atoms with Gasteiger partial charge in [0.2, 0.25) is 5.91 Å². The quantitative estimate of drug-likeness (QED) is 0.623. The van der Waals surface area contributed by atoms with Crippen LogP contribution >= 0.6 is 11.8 Å². The highest BCUT2D eigenvalue weighted by molar-refractivity contribution is 7.98. The van der Waals surface area contributed by atoms with E-state index < -0.39 is 18.0 Å². The lowest BCUT2D eigenvalue weighted by Gasteiger charge is -2.29. The van der Waals surface area contributed by atoms with E-state index >= 15 is 0 Å². The molecule has 0 saturated heterocycles. The van der Waals surface area contributed by atoms with Crippen LogP contribution in [0.2, 0.25) is 0 Å². The Balaban J connectivity index is 4.93. The monoisotopic (exact) mass is 305 g/mol. The molecule has 3 N–H and O–H groups in total. The van der Waals surface area contributed by atoms with Crippen LogP contribution in [0.5, 0.6) is 0 Å². The van der Waals surface area contributed by atoms with Gasteiger partial charge in [0, 0.05) is 6.04 Å². The van der Waals surface area contributed by atoms with Crippen LogP contribution in [-0.4, -0.2) is 60.6 Å². The second-order valence-corrected chi connectivity index (χ2v) is 5.46.